The molecule has 0 saturated heterocycles. The van der Waals surface area contributed by atoms with E-state index in [1.807, 2.05) is 0 Å². The smallest absolute Gasteiger partial charge is 0.341 e. The number of aryl methyl sites for hydroxylation is 1. The number of aromatic nitrogens is 2. The number of carbonyl (C=O) groups excluding carboxylic acids is 1. The summed E-state index contributed by atoms with van der Waals surface area (Å²) in [5.41, 5.74) is -0.623. The lowest BCUT2D eigenvalue weighted by Gasteiger charge is -2.20. The van der Waals surface area contributed by atoms with E-state index in [1.54, 1.807) is 24.3 Å². The number of likely N-dealkylation sites (N-methyl/N-ethyl adjacent to an activating group) is 1. The molecule has 3 aromatic rings. The van der Waals surface area contributed by atoms with Crippen molar-refractivity contribution < 1.29 is 18.0 Å². The largest absolute Gasteiger partial charge is 0.416 e. The van der Waals surface area contributed by atoms with Gasteiger partial charge in [0.2, 0.25) is 5.91 Å². The average molecular weight is 389 g/mol. The van der Waals surface area contributed by atoms with Crippen LogP contribution in [0.1, 0.15) is 16.8 Å². The van der Waals surface area contributed by atoms with Gasteiger partial charge in [-0.3, -0.25) is 9.59 Å². The van der Waals surface area contributed by atoms with Crippen molar-refractivity contribution in [2.24, 2.45) is 7.05 Å². The second kappa shape index (κ2) is 7.46. The number of hydrogen-bond donors (Lipinski definition) is 0. The second-order valence-corrected chi connectivity index (χ2v) is 6.50. The van der Waals surface area contributed by atoms with Gasteiger partial charge in [-0.25, -0.2) is 4.68 Å². The minimum absolute atomic E-state index is 0.0177. The fourth-order valence-electron chi connectivity index (χ4n) is 3.06. The molecule has 2 aromatic carbocycles. The maximum absolute atomic E-state index is 13.2. The maximum Gasteiger partial charge on any atom is 0.416 e. The van der Waals surface area contributed by atoms with E-state index in [0.29, 0.717) is 16.5 Å². The van der Waals surface area contributed by atoms with Crippen molar-refractivity contribution in [3.8, 4) is 0 Å². The molecular formula is C20H18F3N3O2. The zero-order chi connectivity index (χ0) is 20.5. The average Bonchev–Trinajstić information content (AvgIpc) is 2.65. The fourth-order valence-corrected chi connectivity index (χ4v) is 3.06. The second-order valence-electron chi connectivity index (χ2n) is 6.50. The highest BCUT2D eigenvalue weighted by Crippen LogP contribution is 2.32. The number of hydrogen-bond acceptors (Lipinski definition) is 3. The number of benzene rings is 2. The quantitative estimate of drug-likeness (QED) is 0.689. The van der Waals surface area contributed by atoms with Crippen molar-refractivity contribution in [2.45, 2.75) is 19.1 Å². The Morgan fingerprint density at radius 3 is 2.36 bits per heavy atom. The molecule has 1 amide bonds. The summed E-state index contributed by atoms with van der Waals surface area (Å²) in [5, 5.41) is 5.16. The zero-order valence-electron chi connectivity index (χ0n) is 15.3. The summed E-state index contributed by atoms with van der Waals surface area (Å²) in [4.78, 5) is 26.0. The normalized spacial score (nSPS) is 11.6. The van der Waals surface area contributed by atoms with Crippen LogP contribution in [-0.4, -0.2) is 27.6 Å². The number of rotatable bonds is 4. The van der Waals surface area contributed by atoms with Crippen LogP contribution >= 0.6 is 0 Å². The summed E-state index contributed by atoms with van der Waals surface area (Å²) in [6.45, 7) is -0.182. The van der Waals surface area contributed by atoms with E-state index in [2.05, 4.69) is 5.10 Å². The summed E-state index contributed by atoms with van der Waals surface area (Å²) in [6, 6.07) is 12.0. The van der Waals surface area contributed by atoms with Crippen LogP contribution in [0.25, 0.3) is 10.8 Å². The lowest BCUT2D eigenvalue weighted by atomic mass is 10.1. The van der Waals surface area contributed by atoms with Crippen LogP contribution in [0, 0.1) is 0 Å². The van der Waals surface area contributed by atoms with E-state index in [1.165, 1.54) is 37.2 Å². The van der Waals surface area contributed by atoms with Crippen LogP contribution in [0.4, 0.5) is 13.2 Å². The van der Waals surface area contributed by atoms with Gasteiger partial charge in [0.25, 0.3) is 5.56 Å². The van der Waals surface area contributed by atoms with Crippen LogP contribution in [-0.2, 0) is 31.0 Å². The van der Waals surface area contributed by atoms with Crippen LogP contribution in [0.5, 0.6) is 0 Å². The van der Waals surface area contributed by atoms with Gasteiger partial charge in [-0.15, -0.1) is 0 Å². The van der Waals surface area contributed by atoms with Gasteiger partial charge >= 0.3 is 6.18 Å². The highest BCUT2D eigenvalue weighted by Gasteiger charge is 2.33. The minimum atomic E-state index is -4.49. The van der Waals surface area contributed by atoms with Crippen LogP contribution in [0.15, 0.2) is 53.3 Å². The molecule has 0 spiro atoms. The first-order valence-electron chi connectivity index (χ1n) is 8.52. The molecule has 1 aromatic heterocycles. The van der Waals surface area contributed by atoms with Crippen molar-refractivity contribution in [3.05, 3.63) is 75.7 Å². The Bertz CT molecular complexity index is 1090. The van der Waals surface area contributed by atoms with E-state index in [0.717, 1.165) is 10.7 Å². The maximum atomic E-state index is 13.2. The van der Waals surface area contributed by atoms with E-state index < -0.39 is 17.6 Å². The third-order valence-electron chi connectivity index (χ3n) is 4.51. The van der Waals surface area contributed by atoms with Gasteiger partial charge < -0.3 is 4.90 Å². The molecule has 3 rings (SSSR count). The third kappa shape index (κ3) is 3.90. The molecule has 0 aliphatic heterocycles. The van der Waals surface area contributed by atoms with E-state index in [-0.39, 0.29) is 24.1 Å². The van der Waals surface area contributed by atoms with Crippen molar-refractivity contribution >= 4 is 16.7 Å². The topological polar surface area (TPSA) is 55.2 Å². The van der Waals surface area contributed by atoms with Gasteiger partial charge in [0.15, 0.2) is 0 Å². The van der Waals surface area contributed by atoms with Crippen molar-refractivity contribution in [2.75, 3.05) is 7.05 Å². The molecule has 0 bridgehead atoms. The van der Waals surface area contributed by atoms with Crippen LogP contribution in [0.2, 0.25) is 0 Å². The molecule has 0 atom stereocenters. The third-order valence-corrected chi connectivity index (χ3v) is 4.51. The van der Waals surface area contributed by atoms with Gasteiger partial charge in [0.1, 0.15) is 0 Å². The Kier molecular flexibility index (Phi) is 5.22. The monoisotopic (exact) mass is 389 g/mol. The molecule has 1 heterocycles. The molecule has 28 heavy (non-hydrogen) atoms. The summed E-state index contributed by atoms with van der Waals surface area (Å²) < 4.78 is 40.6. The highest BCUT2D eigenvalue weighted by molar-refractivity contribution is 5.88. The number of fused-ring (bicyclic) bond motifs is 1. The predicted octanol–water partition coefficient (Wildman–Crippen LogP) is 3.15. The standard InChI is InChI=1S/C20H18F3N3O2/c1-25(12-13-7-3-6-10-16(13)20(21,22)23)18(27)11-17-14-8-4-5-9-15(14)19(28)26(2)24-17/h3-10H,11-12H2,1-2H3. The van der Waals surface area contributed by atoms with Crippen LogP contribution in [0.3, 0.4) is 0 Å². The summed E-state index contributed by atoms with van der Waals surface area (Å²) in [5.74, 6) is -0.395. The van der Waals surface area contributed by atoms with E-state index in [4.69, 9.17) is 0 Å². The fraction of sp³-hybridized carbons (Fsp3) is 0.250. The van der Waals surface area contributed by atoms with Crippen molar-refractivity contribution in [1.29, 1.82) is 0 Å². The first-order valence-corrected chi connectivity index (χ1v) is 8.52. The van der Waals surface area contributed by atoms with Gasteiger partial charge in [-0.05, 0) is 17.7 Å². The Labute approximate surface area is 159 Å². The lowest BCUT2D eigenvalue weighted by Crippen LogP contribution is -2.30. The summed E-state index contributed by atoms with van der Waals surface area (Å²) in [6.07, 6.45) is -4.62. The van der Waals surface area contributed by atoms with Crippen molar-refractivity contribution in [3.63, 3.8) is 0 Å². The zero-order valence-corrected chi connectivity index (χ0v) is 15.3. The molecule has 0 N–H and O–H groups in total. The molecule has 5 nitrogen and oxygen atoms in total. The van der Waals surface area contributed by atoms with Gasteiger partial charge in [-0.2, -0.15) is 18.3 Å². The molecule has 0 aliphatic rings. The number of alkyl halides is 3. The molecule has 146 valence electrons. The number of nitrogens with zero attached hydrogens (tertiary/aromatic N) is 3. The van der Waals surface area contributed by atoms with Gasteiger partial charge in [0.05, 0.1) is 23.1 Å². The van der Waals surface area contributed by atoms with Crippen LogP contribution < -0.4 is 5.56 Å². The molecule has 0 aliphatic carbocycles. The minimum Gasteiger partial charge on any atom is -0.341 e. The Balaban J connectivity index is 1.86. The predicted molar refractivity (Wildman–Crippen MR) is 98.6 cm³/mol. The molecule has 0 unspecified atom stereocenters. The Hall–Kier alpha value is -3.16. The number of halogens is 3. The highest BCUT2D eigenvalue weighted by atomic mass is 19.4. The van der Waals surface area contributed by atoms with E-state index in [9.17, 15) is 22.8 Å². The Morgan fingerprint density at radius 1 is 1.07 bits per heavy atom. The molecule has 8 heteroatoms. The molecule has 0 fully saturated rings. The number of carbonyl (C=O) groups is 1. The molecule has 0 saturated carbocycles. The lowest BCUT2D eigenvalue weighted by molar-refractivity contribution is -0.139. The number of amides is 1. The summed E-state index contributed by atoms with van der Waals surface area (Å²) in [7, 11) is 2.94. The van der Waals surface area contributed by atoms with E-state index >= 15 is 0 Å². The SMILES string of the molecule is CN(Cc1ccccc1C(F)(F)F)C(=O)Cc1nn(C)c(=O)c2ccccc12. The first-order chi connectivity index (χ1) is 13.2. The van der Waals surface area contributed by atoms with Gasteiger partial charge in [-0.1, -0.05) is 36.4 Å². The molecular weight excluding hydrogens is 371 g/mol. The Morgan fingerprint density at radius 2 is 1.68 bits per heavy atom. The molecule has 0 radical (unpaired) electrons. The first kappa shape index (κ1) is 19.6. The summed E-state index contributed by atoms with van der Waals surface area (Å²) >= 11 is 0. The van der Waals surface area contributed by atoms with Gasteiger partial charge in [0, 0.05) is 26.0 Å². The van der Waals surface area contributed by atoms with Crippen molar-refractivity contribution in [1.82, 2.24) is 14.7 Å².